The summed E-state index contributed by atoms with van der Waals surface area (Å²) in [5.74, 6) is -1.76. The molecule has 1 aromatic rings. The summed E-state index contributed by atoms with van der Waals surface area (Å²) in [7, 11) is 0. The molecule has 0 radical (unpaired) electrons. The van der Waals surface area contributed by atoms with Crippen molar-refractivity contribution in [3.05, 3.63) is 41.0 Å². The van der Waals surface area contributed by atoms with Crippen molar-refractivity contribution in [1.82, 2.24) is 4.90 Å². The monoisotopic (exact) mass is 343 g/mol. The smallest absolute Gasteiger partial charge is 0.348 e. The third-order valence-corrected chi connectivity index (χ3v) is 4.53. The molecule has 134 valence electrons. The van der Waals surface area contributed by atoms with Crippen molar-refractivity contribution in [1.29, 1.82) is 0 Å². The summed E-state index contributed by atoms with van der Waals surface area (Å²) in [4.78, 5) is 26.6. The van der Waals surface area contributed by atoms with E-state index in [2.05, 4.69) is 17.9 Å². The molecule has 1 aromatic carbocycles. The van der Waals surface area contributed by atoms with E-state index in [1.54, 1.807) is 19.9 Å². The Labute approximate surface area is 148 Å². The highest BCUT2D eigenvalue weighted by atomic mass is 16.7. The first-order valence-corrected chi connectivity index (χ1v) is 8.82. The third-order valence-electron chi connectivity index (χ3n) is 4.53. The van der Waals surface area contributed by atoms with Gasteiger partial charge < -0.3 is 9.47 Å². The number of ether oxygens (including phenoxy) is 2. The quantitative estimate of drug-likeness (QED) is 0.479. The Hall–Kier alpha value is -2.14. The maximum Gasteiger partial charge on any atom is 0.348 e. The van der Waals surface area contributed by atoms with Crippen molar-refractivity contribution < 1.29 is 19.1 Å². The van der Waals surface area contributed by atoms with Gasteiger partial charge in [-0.15, -0.1) is 0 Å². The Kier molecular flexibility index (Phi) is 4.95. The van der Waals surface area contributed by atoms with Crippen LogP contribution in [0.5, 0.6) is 0 Å². The number of likely N-dealkylation sites (tertiary alicyclic amines) is 1. The summed E-state index contributed by atoms with van der Waals surface area (Å²) in [6.07, 6.45) is 4.07. The summed E-state index contributed by atoms with van der Waals surface area (Å²) in [6, 6.07) is 7.89. The van der Waals surface area contributed by atoms with Crippen molar-refractivity contribution in [2.24, 2.45) is 5.92 Å². The van der Waals surface area contributed by atoms with Crippen LogP contribution in [-0.2, 0) is 25.6 Å². The average Bonchev–Trinajstić information content (AvgIpc) is 2.50. The van der Waals surface area contributed by atoms with Gasteiger partial charge in [0.1, 0.15) is 5.57 Å². The van der Waals surface area contributed by atoms with E-state index in [-0.39, 0.29) is 5.57 Å². The van der Waals surface area contributed by atoms with Crippen molar-refractivity contribution >= 4 is 18.0 Å². The molecule has 2 saturated heterocycles. The zero-order valence-electron chi connectivity index (χ0n) is 15.1. The molecule has 0 amide bonds. The van der Waals surface area contributed by atoms with Crippen LogP contribution in [0.1, 0.15) is 44.7 Å². The molecule has 0 saturated carbocycles. The van der Waals surface area contributed by atoms with Gasteiger partial charge in [-0.25, -0.2) is 9.59 Å². The van der Waals surface area contributed by atoms with E-state index in [4.69, 9.17) is 9.47 Å². The molecule has 0 spiro atoms. The molecule has 5 nitrogen and oxygen atoms in total. The van der Waals surface area contributed by atoms with Gasteiger partial charge in [-0.05, 0) is 42.5 Å². The topological polar surface area (TPSA) is 55.8 Å². The fourth-order valence-electron chi connectivity index (χ4n) is 3.41. The SMILES string of the molecule is CC1CCCN(Cc2cccc(C=C3C(=O)OC(C)(C)OC3=O)c2)C1. The minimum absolute atomic E-state index is 0.0666. The molecule has 0 N–H and O–H groups in total. The lowest BCUT2D eigenvalue weighted by atomic mass is 9.99. The van der Waals surface area contributed by atoms with Crippen LogP contribution in [0.3, 0.4) is 0 Å². The number of benzene rings is 1. The number of nitrogens with zero attached hydrogens (tertiary/aromatic N) is 1. The Morgan fingerprint density at radius 3 is 2.64 bits per heavy atom. The molecule has 2 heterocycles. The van der Waals surface area contributed by atoms with Crippen molar-refractivity contribution in [3.8, 4) is 0 Å². The van der Waals surface area contributed by atoms with Gasteiger partial charge in [-0.1, -0.05) is 31.2 Å². The van der Waals surface area contributed by atoms with Crippen molar-refractivity contribution in [2.75, 3.05) is 13.1 Å². The van der Waals surface area contributed by atoms with E-state index in [9.17, 15) is 9.59 Å². The Morgan fingerprint density at radius 1 is 1.24 bits per heavy atom. The van der Waals surface area contributed by atoms with Crippen LogP contribution in [0.2, 0.25) is 0 Å². The molecular weight excluding hydrogens is 318 g/mol. The summed E-state index contributed by atoms with van der Waals surface area (Å²) >= 11 is 0. The second-order valence-corrected chi connectivity index (χ2v) is 7.46. The fourth-order valence-corrected chi connectivity index (χ4v) is 3.41. The Balaban J connectivity index is 1.75. The van der Waals surface area contributed by atoms with Crippen LogP contribution in [0, 0.1) is 5.92 Å². The summed E-state index contributed by atoms with van der Waals surface area (Å²) < 4.78 is 10.3. The molecule has 0 bridgehead atoms. The van der Waals surface area contributed by atoms with Gasteiger partial charge >= 0.3 is 11.9 Å². The van der Waals surface area contributed by atoms with E-state index in [0.29, 0.717) is 0 Å². The van der Waals surface area contributed by atoms with Crippen LogP contribution < -0.4 is 0 Å². The second-order valence-electron chi connectivity index (χ2n) is 7.46. The van der Waals surface area contributed by atoms with E-state index in [1.165, 1.54) is 18.4 Å². The maximum atomic E-state index is 12.1. The van der Waals surface area contributed by atoms with Crippen LogP contribution in [0.15, 0.2) is 29.8 Å². The number of cyclic esters (lactones) is 2. The maximum absolute atomic E-state index is 12.1. The van der Waals surface area contributed by atoms with E-state index >= 15 is 0 Å². The number of hydrogen-bond donors (Lipinski definition) is 0. The second kappa shape index (κ2) is 7.00. The van der Waals surface area contributed by atoms with Gasteiger partial charge in [0.05, 0.1) is 0 Å². The fraction of sp³-hybridized carbons (Fsp3) is 0.500. The molecule has 2 fully saturated rings. The number of rotatable bonds is 3. The Morgan fingerprint density at radius 2 is 1.96 bits per heavy atom. The molecule has 1 unspecified atom stereocenters. The molecule has 2 aliphatic heterocycles. The molecule has 0 aromatic heterocycles. The van der Waals surface area contributed by atoms with Crippen molar-refractivity contribution in [3.63, 3.8) is 0 Å². The van der Waals surface area contributed by atoms with E-state index < -0.39 is 17.7 Å². The standard InChI is InChI=1S/C20H25NO4/c1-14-6-5-9-21(12-14)13-16-8-4-7-15(10-16)11-17-18(22)24-20(2,3)25-19(17)23/h4,7-8,10-11,14H,5-6,9,12-13H2,1-3H3. The van der Waals surface area contributed by atoms with E-state index in [1.807, 2.05) is 18.2 Å². The third kappa shape index (κ3) is 4.48. The first-order valence-electron chi connectivity index (χ1n) is 8.82. The first-order chi connectivity index (χ1) is 11.8. The van der Waals surface area contributed by atoms with Gasteiger partial charge in [-0.2, -0.15) is 0 Å². The summed E-state index contributed by atoms with van der Waals surface area (Å²) in [6.45, 7) is 8.47. The van der Waals surface area contributed by atoms with Crippen LogP contribution in [0.25, 0.3) is 6.08 Å². The van der Waals surface area contributed by atoms with Crippen LogP contribution in [-0.4, -0.2) is 35.7 Å². The zero-order chi connectivity index (χ0) is 18.0. The van der Waals surface area contributed by atoms with E-state index in [0.717, 1.165) is 31.1 Å². The van der Waals surface area contributed by atoms with Gasteiger partial charge in [-0.3, -0.25) is 4.90 Å². The summed E-state index contributed by atoms with van der Waals surface area (Å²) in [5.41, 5.74) is 1.90. The van der Waals surface area contributed by atoms with Gasteiger partial charge in [0.2, 0.25) is 0 Å². The highest BCUT2D eigenvalue weighted by Crippen LogP contribution is 2.24. The predicted octanol–water partition coefficient (Wildman–Crippen LogP) is 3.14. The van der Waals surface area contributed by atoms with Gasteiger partial charge in [0.25, 0.3) is 5.79 Å². The molecule has 25 heavy (non-hydrogen) atoms. The minimum Gasteiger partial charge on any atom is -0.419 e. The number of carbonyl (C=O) groups excluding carboxylic acids is 2. The summed E-state index contributed by atoms with van der Waals surface area (Å²) in [5, 5.41) is 0. The lowest BCUT2D eigenvalue weighted by Gasteiger charge is -2.31. The molecule has 0 aliphatic carbocycles. The molecule has 2 aliphatic rings. The lowest BCUT2D eigenvalue weighted by Crippen LogP contribution is -2.41. The first kappa shape index (κ1) is 17.7. The van der Waals surface area contributed by atoms with Gasteiger partial charge in [0.15, 0.2) is 0 Å². The van der Waals surface area contributed by atoms with Crippen LogP contribution in [0.4, 0.5) is 0 Å². The Bertz CT molecular complexity index is 685. The molecule has 1 atom stereocenters. The number of hydrogen-bond acceptors (Lipinski definition) is 5. The minimum atomic E-state index is -1.21. The number of esters is 2. The number of carbonyl (C=O) groups is 2. The zero-order valence-corrected chi connectivity index (χ0v) is 15.1. The lowest BCUT2D eigenvalue weighted by molar-refractivity contribution is -0.222. The average molecular weight is 343 g/mol. The highest BCUT2D eigenvalue weighted by molar-refractivity contribution is 6.18. The van der Waals surface area contributed by atoms with Gasteiger partial charge in [0, 0.05) is 26.9 Å². The molecule has 5 heteroatoms. The normalized spacial score (nSPS) is 23.8. The van der Waals surface area contributed by atoms with Crippen molar-refractivity contribution in [2.45, 2.75) is 45.9 Å². The molecular formula is C20H25NO4. The molecule has 3 rings (SSSR count). The number of piperidine rings is 1. The van der Waals surface area contributed by atoms with Crippen LogP contribution >= 0.6 is 0 Å². The highest BCUT2D eigenvalue weighted by Gasteiger charge is 2.38. The predicted molar refractivity (Wildman–Crippen MR) is 94.4 cm³/mol. The largest absolute Gasteiger partial charge is 0.419 e.